The lowest BCUT2D eigenvalue weighted by Crippen LogP contribution is -2.09. The molecule has 0 N–H and O–H groups in total. The molecule has 0 saturated heterocycles. The van der Waals surface area contributed by atoms with Gasteiger partial charge in [0.25, 0.3) is 0 Å². The summed E-state index contributed by atoms with van der Waals surface area (Å²) in [6, 6.07) is 19.4. The first-order chi connectivity index (χ1) is 11.2. The Kier molecular flexibility index (Phi) is 4.48. The summed E-state index contributed by atoms with van der Waals surface area (Å²) < 4.78 is 6.50. The molecule has 3 rings (SSSR count). The number of benzene rings is 2. The van der Waals surface area contributed by atoms with Crippen molar-refractivity contribution in [2.24, 2.45) is 0 Å². The van der Waals surface area contributed by atoms with Gasteiger partial charge in [-0.25, -0.2) is 9.48 Å². The molecule has 0 spiro atoms. The number of methoxy groups -OCH3 is 1. The van der Waals surface area contributed by atoms with Gasteiger partial charge < -0.3 is 4.74 Å². The SMILES string of the molecule is COC(=O)c1cc(-c2ccc(SC)cc2)nn1-c1ccccc1. The maximum atomic E-state index is 12.1. The van der Waals surface area contributed by atoms with Gasteiger partial charge in [-0.1, -0.05) is 30.3 Å². The first-order valence-corrected chi connectivity index (χ1v) is 8.33. The van der Waals surface area contributed by atoms with Crippen LogP contribution in [0.2, 0.25) is 0 Å². The molecule has 0 radical (unpaired) electrons. The third-order valence-electron chi connectivity index (χ3n) is 3.49. The number of para-hydroxylation sites is 1. The van der Waals surface area contributed by atoms with Gasteiger partial charge >= 0.3 is 5.97 Å². The van der Waals surface area contributed by atoms with Crippen molar-refractivity contribution in [3.8, 4) is 16.9 Å². The van der Waals surface area contributed by atoms with Crippen molar-refractivity contribution in [2.75, 3.05) is 13.4 Å². The lowest BCUT2D eigenvalue weighted by Gasteiger charge is -2.05. The molecule has 4 nitrogen and oxygen atoms in total. The smallest absolute Gasteiger partial charge is 0.356 e. The number of ether oxygens (including phenoxy) is 1. The second-order valence-corrected chi connectivity index (χ2v) is 5.76. The van der Waals surface area contributed by atoms with E-state index in [-0.39, 0.29) is 0 Å². The van der Waals surface area contributed by atoms with Gasteiger partial charge in [0, 0.05) is 10.5 Å². The summed E-state index contributed by atoms with van der Waals surface area (Å²) in [7, 11) is 1.37. The van der Waals surface area contributed by atoms with Crippen molar-refractivity contribution in [3.63, 3.8) is 0 Å². The number of rotatable bonds is 4. The largest absolute Gasteiger partial charge is 0.464 e. The second-order valence-electron chi connectivity index (χ2n) is 4.88. The van der Waals surface area contributed by atoms with E-state index in [0.29, 0.717) is 5.69 Å². The lowest BCUT2D eigenvalue weighted by atomic mass is 10.1. The van der Waals surface area contributed by atoms with Crippen molar-refractivity contribution < 1.29 is 9.53 Å². The summed E-state index contributed by atoms with van der Waals surface area (Å²) in [6.07, 6.45) is 2.04. The zero-order valence-electron chi connectivity index (χ0n) is 12.9. The molecule has 0 aliphatic heterocycles. The third-order valence-corrected chi connectivity index (χ3v) is 4.23. The Morgan fingerprint density at radius 1 is 1.09 bits per heavy atom. The van der Waals surface area contributed by atoms with E-state index in [1.807, 2.05) is 60.9 Å². The first kappa shape index (κ1) is 15.4. The molecule has 1 aromatic heterocycles. The first-order valence-electron chi connectivity index (χ1n) is 7.11. The molecular formula is C18H16N2O2S. The number of carbonyl (C=O) groups is 1. The van der Waals surface area contributed by atoms with Crippen LogP contribution in [0.4, 0.5) is 0 Å². The minimum absolute atomic E-state index is 0.405. The Labute approximate surface area is 139 Å². The minimum atomic E-state index is -0.409. The van der Waals surface area contributed by atoms with E-state index in [9.17, 15) is 4.79 Å². The van der Waals surface area contributed by atoms with Crippen molar-refractivity contribution in [1.29, 1.82) is 0 Å². The molecule has 23 heavy (non-hydrogen) atoms. The van der Waals surface area contributed by atoms with E-state index in [1.165, 1.54) is 12.0 Å². The fourth-order valence-electron chi connectivity index (χ4n) is 2.30. The maximum absolute atomic E-state index is 12.1. The average Bonchev–Trinajstić information content (AvgIpc) is 3.07. The van der Waals surface area contributed by atoms with Crippen LogP contribution in [0.5, 0.6) is 0 Å². The van der Waals surface area contributed by atoms with Gasteiger partial charge in [0.05, 0.1) is 18.5 Å². The maximum Gasteiger partial charge on any atom is 0.356 e. The molecule has 0 atom stereocenters. The summed E-state index contributed by atoms with van der Waals surface area (Å²) in [5, 5.41) is 4.58. The predicted molar refractivity (Wildman–Crippen MR) is 92.1 cm³/mol. The van der Waals surface area contributed by atoms with Crippen LogP contribution in [0.3, 0.4) is 0 Å². The minimum Gasteiger partial charge on any atom is -0.464 e. The second kappa shape index (κ2) is 6.71. The molecule has 0 amide bonds. The summed E-state index contributed by atoms with van der Waals surface area (Å²) in [6.45, 7) is 0. The molecule has 5 heteroatoms. The summed E-state index contributed by atoms with van der Waals surface area (Å²) in [5.74, 6) is -0.409. The van der Waals surface area contributed by atoms with Gasteiger partial charge in [-0.2, -0.15) is 5.10 Å². The standard InChI is InChI=1S/C18H16N2O2S/c1-22-18(21)17-12-16(13-8-10-15(23-2)11-9-13)19-20(17)14-6-4-3-5-7-14/h3-12H,1-2H3. The van der Waals surface area contributed by atoms with E-state index >= 15 is 0 Å². The van der Waals surface area contributed by atoms with E-state index in [4.69, 9.17) is 4.74 Å². The highest BCUT2D eigenvalue weighted by molar-refractivity contribution is 7.98. The highest BCUT2D eigenvalue weighted by atomic mass is 32.2. The summed E-state index contributed by atoms with van der Waals surface area (Å²) in [5.41, 5.74) is 2.92. The van der Waals surface area contributed by atoms with Crippen molar-refractivity contribution in [3.05, 3.63) is 66.4 Å². The predicted octanol–water partition coefficient (Wildman–Crippen LogP) is 4.05. The van der Waals surface area contributed by atoms with E-state index in [2.05, 4.69) is 5.10 Å². The van der Waals surface area contributed by atoms with E-state index in [0.717, 1.165) is 16.9 Å². The number of nitrogens with zero attached hydrogens (tertiary/aromatic N) is 2. The van der Waals surface area contributed by atoms with Crippen LogP contribution in [-0.2, 0) is 4.74 Å². The van der Waals surface area contributed by atoms with Crippen LogP contribution < -0.4 is 0 Å². The highest BCUT2D eigenvalue weighted by Crippen LogP contribution is 2.24. The third kappa shape index (κ3) is 3.14. The van der Waals surface area contributed by atoms with Gasteiger partial charge in [0.1, 0.15) is 0 Å². The number of esters is 1. The molecule has 0 saturated carbocycles. The summed E-state index contributed by atoms with van der Waals surface area (Å²) in [4.78, 5) is 13.3. The van der Waals surface area contributed by atoms with Gasteiger partial charge in [-0.3, -0.25) is 0 Å². The molecule has 0 bridgehead atoms. The van der Waals surface area contributed by atoms with Gasteiger partial charge in [-0.05, 0) is 36.6 Å². The van der Waals surface area contributed by atoms with Crippen LogP contribution in [0.25, 0.3) is 16.9 Å². The van der Waals surface area contributed by atoms with E-state index in [1.54, 1.807) is 22.5 Å². The Bertz CT molecular complexity index is 811. The van der Waals surface area contributed by atoms with Crippen molar-refractivity contribution in [1.82, 2.24) is 9.78 Å². The van der Waals surface area contributed by atoms with Crippen LogP contribution >= 0.6 is 11.8 Å². The van der Waals surface area contributed by atoms with Crippen molar-refractivity contribution in [2.45, 2.75) is 4.90 Å². The van der Waals surface area contributed by atoms with Crippen LogP contribution in [-0.4, -0.2) is 29.1 Å². The molecule has 0 fully saturated rings. The molecule has 1 heterocycles. The fraction of sp³-hybridized carbons (Fsp3) is 0.111. The van der Waals surface area contributed by atoms with Gasteiger partial charge in [0.15, 0.2) is 5.69 Å². The molecule has 0 unspecified atom stereocenters. The lowest BCUT2D eigenvalue weighted by molar-refractivity contribution is 0.0590. The van der Waals surface area contributed by atoms with Crippen LogP contribution in [0, 0.1) is 0 Å². The Morgan fingerprint density at radius 2 is 1.78 bits per heavy atom. The topological polar surface area (TPSA) is 44.1 Å². The van der Waals surface area contributed by atoms with Crippen LogP contribution in [0.1, 0.15) is 10.5 Å². The Hall–Kier alpha value is -2.53. The number of hydrogen-bond donors (Lipinski definition) is 0. The van der Waals surface area contributed by atoms with Gasteiger partial charge in [0.2, 0.25) is 0 Å². The van der Waals surface area contributed by atoms with Gasteiger partial charge in [-0.15, -0.1) is 11.8 Å². The highest BCUT2D eigenvalue weighted by Gasteiger charge is 2.17. The number of aromatic nitrogens is 2. The van der Waals surface area contributed by atoms with E-state index < -0.39 is 5.97 Å². The zero-order chi connectivity index (χ0) is 16.2. The number of carbonyl (C=O) groups excluding carboxylic acids is 1. The molecule has 0 aliphatic rings. The number of thioether (sulfide) groups is 1. The zero-order valence-corrected chi connectivity index (χ0v) is 13.7. The molecule has 0 aliphatic carbocycles. The Morgan fingerprint density at radius 3 is 2.39 bits per heavy atom. The molecule has 116 valence electrons. The monoisotopic (exact) mass is 324 g/mol. The fourth-order valence-corrected chi connectivity index (χ4v) is 2.71. The van der Waals surface area contributed by atoms with Crippen molar-refractivity contribution >= 4 is 17.7 Å². The molecule has 3 aromatic rings. The Balaban J connectivity index is 2.09. The molecule has 2 aromatic carbocycles. The summed E-state index contributed by atoms with van der Waals surface area (Å²) >= 11 is 1.69. The number of hydrogen-bond acceptors (Lipinski definition) is 4. The normalized spacial score (nSPS) is 10.5. The molecular weight excluding hydrogens is 308 g/mol. The van der Waals surface area contributed by atoms with Crippen LogP contribution in [0.15, 0.2) is 65.6 Å². The quantitative estimate of drug-likeness (QED) is 0.536. The average molecular weight is 324 g/mol.